The van der Waals surface area contributed by atoms with Crippen LogP contribution in [-0.2, 0) is 6.54 Å². The van der Waals surface area contributed by atoms with Gasteiger partial charge < -0.3 is 10.6 Å². The number of guanidine groups is 1. The SMILES string of the molecule is CCNC(=NCc1ccc(F)cc1)NCC(C)N(C)C1CC1.I. The molecule has 0 aliphatic heterocycles. The summed E-state index contributed by atoms with van der Waals surface area (Å²) in [6, 6.07) is 7.71. The summed E-state index contributed by atoms with van der Waals surface area (Å²) < 4.78 is 12.9. The molecule has 1 atom stereocenters. The molecule has 1 fully saturated rings. The summed E-state index contributed by atoms with van der Waals surface area (Å²) in [6.45, 7) is 6.51. The minimum Gasteiger partial charge on any atom is -0.357 e. The number of benzene rings is 1. The summed E-state index contributed by atoms with van der Waals surface area (Å²) in [4.78, 5) is 6.99. The van der Waals surface area contributed by atoms with Crippen molar-refractivity contribution in [3.8, 4) is 0 Å². The maximum Gasteiger partial charge on any atom is 0.191 e. The highest BCUT2D eigenvalue weighted by atomic mass is 127. The fourth-order valence-corrected chi connectivity index (χ4v) is 2.33. The van der Waals surface area contributed by atoms with Crippen LogP contribution in [0.4, 0.5) is 4.39 Å². The highest BCUT2D eigenvalue weighted by molar-refractivity contribution is 14.0. The summed E-state index contributed by atoms with van der Waals surface area (Å²) >= 11 is 0. The Bertz CT molecular complexity index is 488. The Balaban J connectivity index is 0.00000264. The Kier molecular flexibility index (Phi) is 8.83. The van der Waals surface area contributed by atoms with Crippen LogP contribution < -0.4 is 10.6 Å². The van der Waals surface area contributed by atoms with Gasteiger partial charge in [-0.15, -0.1) is 24.0 Å². The van der Waals surface area contributed by atoms with E-state index in [1.807, 2.05) is 0 Å². The molecule has 1 unspecified atom stereocenters. The fourth-order valence-electron chi connectivity index (χ4n) is 2.33. The lowest BCUT2D eigenvalue weighted by molar-refractivity contribution is 0.247. The Morgan fingerprint density at radius 3 is 2.52 bits per heavy atom. The first-order valence-corrected chi connectivity index (χ1v) is 8.08. The molecular formula is C17H28FIN4. The van der Waals surface area contributed by atoms with Crippen molar-refractivity contribution in [2.45, 2.75) is 45.3 Å². The summed E-state index contributed by atoms with van der Waals surface area (Å²) in [7, 11) is 2.19. The van der Waals surface area contributed by atoms with E-state index in [0.29, 0.717) is 12.6 Å². The molecule has 2 rings (SSSR count). The van der Waals surface area contributed by atoms with Crippen molar-refractivity contribution in [1.29, 1.82) is 0 Å². The third-order valence-corrected chi connectivity index (χ3v) is 4.06. The molecule has 1 aromatic carbocycles. The minimum atomic E-state index is -0.213. The van der Waals surface area contributed by atoms with E-state index in [2.05, 4.69) is 41.4 Å². The highest BCUT2D eigenvalue weighted by Crippen LogP contribution is 2.26. The second-order valence-corrected chi connectivity index (χ2v) is 5.95. The number of hydrogen-bond acceptors (Lipinski definition) is 2. The van der Waals surface area contributed by atoms with Gasteiger partial charge >= 0.3 is 0 Å². The maximum atomic E-state index is 12.9. The second kappa shape index (κ2) is 10.1. The van der Waals surface area contributed by atoms with E-state index in [1.54, 1.807) is 12.1 Å². The van der Waals surface area contributed by atoms with Crippen molar-refractivity contribution in [2.75, 3.05) is 20.1 Å². The molecule has 6 heteroatoms. The van der Waals surface area contributed by atoms with Crippen LogP contribution in [0.5, 0.6) is 0 Å². The van der Waals surface area contributed by atoms with Crippen molar-refractivity contribution in [1.82, 2.24) is 15.5 Å². The van der Waals surface area contributed by atoms with Gasteiger partial charge in [-0.2, -0.15) is 0 Å². The quantitative estimate of drug-likeness (QED) is 0.394. The molecule has 2 N–H and O–H groups in total. The van der Waals surface area contributed by atoms with Crippen LogP contribution in [0.1, 0.15) is 32.3 Å². The summed E-state index contributed by atoms with van der Waals surface area (Å²) in [5.74, 6) is 0.595. The molecule has 1 aliphatic carbocycles. The second-order valence-electron chi connectivity index (χ2n) is 5.95. The third-order valence-electron chi connectivity index (χ3n) is 4.06. The minimum absolute atomic E-state index is 0. The molecule has 1 aromatic rings. The zero-order chi connectivity index (χ0) is 15.9. The molecular weight excluding hydrogens is 406 g/mol. The van der Waals surface area contributed by atoms with E-state index in [0.717, 1.165) is 30.7 Å². The van der Waals surface area contributed by atoms with Crippen molar-refractivity contribution >= 4 is 29.9 Å². The molecule has 0 radical (unpaired) electrons. The Morgan fingerprint density at radius 2 is 1.96 bits per heavy atom. The van der Waals surface area contributed by atoms with Crippen LogP contribution in [0.25, 0.3) is 0 Å². The van der Waals surface area contributed by atoms with Crippen LogP contribution in [0, 0.1) is 5.82 Å². The van der Waals surface area contributed by atoms with Crippen molar-refractivity contribution in [3.63, 3.8) is 0 Å². The Morgan fingerprint density at radius 1 is 1.30 bits per heavy atom. The van der Waals surface area contributed by atoms with Gasteiger partial charge in [-0.3, -0.25) is 4.90 Å². The van der Waals surface area contributed by atoms with Gasteiger partial charge in [-0.1, -0.05) is 12.1 Å². The zero-order valence-corrected chi connectivity index (χ0v) is 16.5. The van der Waals surface area contributed by atoms with E-state index < -0.39 is 0 Å². The Hall–Kier alpha value is -0.890. The normalized spacial score (nSPS) is 16.0. The zero-order valence-electron chi connectivity index (χ0n) is 14.2. The number of likely N-dealkylation sites (N-methyl/N-ethyl adjacent to an activating group) is 1. The first-order chi connectivity index (χ1) is 10.6. The van der Waals surface area contributed by atoms with E-state index >= 15 is 0 Å². The molecule has 130 valence electrons. The molecule has 0 saturated heterocycles. The third kappa shape index (κ3) is 7.03. The van der Waals surface area contributed by atoms with Gasteiger partial charge in [-0.25, -0.2) is 9.38 Å². The first kappa shape index (κ1) is 20.2. The first-order valence-electron chi connectivity index (χ1n) is 8.08. The standard InChI is InChI=1S/C17H27FN4.HI/c1-4-19-17(20-11-13(2)22(3)16-9-10-16)21-12-14-5-7-15(18)8-6-14;/h5-8,13,16H,4,9-12H2,1-3H3,(H2,19,20,21);1H. The molecule has 1 aliphatic rings. The molecule has 4 nitrogen and oxygen atoms in total. The van der Waals surface area contributed by atoms with Gasteiger partial charge in [0.1, 0.15) is 5.82 Å². The number of hydrogen-bond donors (Lipinski definition) is 2. The van der Waals surface area contributed by atoms with E-state index in [9.17, 15) is 4.39 Å². The van der Waals surface area contributed by atoms with Crippen LogP contribution in [0.15, 0.2) is 29.3 Å². The molecule has 0 aromatic heterocycles. The molecule has 0 heterocycles. The molecule has 0 bridgehead atoms. The predicted octanol–water partition coefficient (Wildman–Crippen LogP) is 2.98. The van der Waals surface area contributed by atoms with Crippen LogP contribution >= 0.6 is 24.0 Å². The molecule has 0 amide bonds. The lowest BCUT2D eigenvalue weighted by Crippen LogP contribution is -2.45. The maximum absolute atomic E-state index is 12.9. The van der Waals surface area contributed by atoms with Crippen LogP contribution in [0.3, 0.4) is 0 Å². The summed E-state index contributed by atoms with van der Waals surface area (Å²) in [5.41, 5.74) is 1.00. The molecule has 0 spiro atoms. The van der Waals surface area contributed by atoms with Crippen molar-refractivity contribution in [3.05, 3.63) is 35.6 Å². The number of nitrogens with one attached hydrogen (secondary N) is 2. The molecule has 23 heavy (non-hydrogen) atoms. The highest BCUT2D eigenvalue weighted by Gasteiger charge is 2.28. The lowest BCUT2D eigenvalue weighted by atomic mass is 10.2. The molecule has 1 saturated carbocycles. The van der Waals surface area contributed by atoms with E-state index in [1.165, 1.54) is 25.0 Å². The smallest absolute Gasteiger partial charge is 0.191 e. The Labute approximate surface area is 156 Å². The summed E-state index contributed by atoms with van der Waals surface area (Å²) in [6.07, 6.45) is 2.64. The van der Waals surface area contributed by atoms with Gasteiger partial charge in [0.15, 0.2) is 5.96 Å². The monoisotopic (exact) mass is 434 g/mol. The van der Waals surface area contributed by atoms with Gasteiger partial charge in [-0.05, 0) is 51.4 Å². The van der Waals surface area contributed by atoms with Crippen molar-refractivity contribution in [2.24, 2.45) is 4.99 Å². The predicted molar refractivity (Wildman–Crippen MR) is 105 cm³/mol. The van der Waals surface area contributed by atoms with Crippen LogP contribution in [-0.4, -0.2) is 43.1 Å². The average Bonchev–Trinajstić information content (AvgIpc) is 3.35. The van der Waals surface area contributed by atoms with Crippen LogP contribution in [0.2, 0.25) is 0 Å². The fraction of sp³-hybridized carbons (Fsp3) is 0.588. The number of aliphatic imine (C=N–C) groups is 1. The lowest BCUT2D eigenvalue weighted by Gasteiger charge is -2.25. The number of halogens is 2. The number of rotatable bonds is 7. The van der Waals surface area contributed by atoms with Gasteiger partial charge in [0, 0.05) is 25.2 Å². The van der Waals surface area contributed by atoms with E-state index in [4.69, 9.17) is 0 Å². The van der Waals surface area contributed by atoms with Gasteiger partial charge in [0.2, 0.25) is 0 Å². The summed E-state index contributed by atoms with van der Waals surface area (Å²) in [5, 5.41) is 6.64. The van der Waals surface area contributed by atoms with E-state index in [-0.39, 0.29) is 29.8 Å². The van der Waals surface area contributed by atoms with Gasteiger partial charge in [0.25, 0.3) is 0 Å². The topological polar surface area (TPSA) is 39.7 Å². The largest absolute Gasteiger partial charge is 0.357 e. The van der Waals surface area contributed by atoms with Crippen molar-refractivity contribution < 1.29 is 4.39 Å². The average molecular weight is 434 g/mol. The van der Waals surface area contributed by atoms with Gasteiger partial charge in [0.05, 0.1) is 6.54 Å². The number of nitrogens with zero attached hydrogens (tertiary/aromatic N) is 2.